The van der Waals surface area contributed by atoms with Gasteiger partial charge in [-0.1, -0.05) is 193 Å². The summed E-state index contributed by atoms with van der Waals surface area (Å²) in [5, 5.41) is 15.5. The quantitative estimate of drug-likeness (QED) is 0.160. The number of hydrogen-bond acceptors (Lipinski definition) is 1. The van der Waals surface area contributed by atoms with E-state index in [1.165, 1.54) is 131 Å². The van der Waals surface area contributed by atoms with Crippen LogP contribution in [-0.4, -0.2) is 0 Å². The Balaban J connectivity index is 0.933. The van der Waals surface area contributed by atoms with Crippen molar-refractivity contribution in [2.45, 2.75) is 57.8 Å². The lowest BCUT2D eigenvalue weighted by atomic mass is 9.78. The molecule has 0 fully saturated rings. The molecule has 3 aliphatic carbocycles. The molecule has 12 aromatic carbocycles. The van der Waals surface area contributed by atoms with E-state index in [-0.39, 0.29) is 16.2 Å². The van der Waals surface area contributed by atoms with E-state index >= 15 is 0 Å². The van der Waals surface area contributed by atoms with E-state index in [2.05, 4.69) is 247 Å². The third-order valence-corrected chi connectivity index (χ3v) is 17.3. The number of anilines is 3. The van der Waals surface area contributed by atoms with Gasteiger partial charge in [-0.25, -0.2) is 0 Å². The van der Waals surface area contributed by atoms with Crippen LogP contribution in [0.4, 0.5) is 17.1 Å². The van der Waals surface area contributed by atoms with Crippen molar-refractivity contribution in [1.82, 2.24) is 0 Å². The van der Waals surface area contributed by atoms with Crippen LogP contribution in [0.2, 0.25) is 0 Å². The highest BCUT2D eigenvalue weighted by atomic mass is 15.1. The van der Waals surface area contributed by atoms with Crippen LogP contribution in [0.1, 0.15) is 74.9 Å². The van der Waals surface area contributed by atoms with Gasteiger partial charge in [-0.2, -0.15) is 0 Å². The summed E-state index contributed by atoms with van der Waals surface area (Å²) < 4.78 is 0. The van der Waals surface area contributed by atoms with Crippen LogP contribution in [0, 0.1) is 0 Å². The van der Waals surface area contributed by atoms with Crippen molar-refractivity contribution >= 4 is 81.7 Å². The molecule has 0 radical (unpaired) electrons. The predicted molar refractivity (Wildman–Crippen MR) is 299 cm³/mol. The molecular formula is C69H51N. The van der Waals surface area contributed by atoms with Crippen LogP contribution in [0.25, 0.3) is 98.0 Å². The number of benzene rings is 12. The lowest BCUT2D eigenvalue weighted by Crippen LogP contribution is -2.17. The first-order chi connectivity index (χ1) is 34.0. The van der Waals surface area contributed by atoms with Crippen molar-refractivity contribution < 1.29 is 0 Å². The molecule has 12 aromatic rings. The molecule has 0 amide bonds. The minimum absolute atomic E-state index is 0.110. The molecule has 0 aromatic heterocycles. The summed E-state index contributed by atoms with van der Waals surface area (Å²) in [5.74, 6) is 0. The van der Waals surface area contributed by atoms with Gasteiger partial charge in [-0.3, -0.25) is 0 Å². The van der Waals surface area contributed by atoms with E-state index in [1.54, 1.807) is 0 Å². The number of nitrogens with zero attached hydrogens (tertiary/aromatic N) is 1. The summed E-state index contributed by atoms with van der Waals surface area (Å²) in [6.45, 7) is 14.6. The van der Waals surface area contributed by atoms with Crippen molar-refractivity contribution in [2.75, 3.05) is 4.90 Å². The Morgan fingerprint density at radius 3 is 1.37 bits per heavy atom. The summed E-state index contributed by atoms with van der Waals surface area (Å²) in [6, 6.07) is 76.5. The SMILES string of the molecule is CC1(C)c2cc(N(c3ccc4c5c(ccc4c3)-c3ccc4ccccc4c3C5(C)C)c3ccc4c5ccccc5c5ccccc5c4c3)ccc2-c2cc3c(cc21)-c1c(ccc2ccccc12)C3(C)C. The molecular weight excluding hydrogens is 843 g/mol. The normalized spacial score (nSPS) is 15.3. The first-order valence-electron chi connectivity index (χ1n) is 25.1. The monoisotopic (exact) mass is 893 g/mol. The van der Waals surface area contributed by atoms with Gasteiger partial charge < -0.3 is 4.90 Å². The van der Waals surface area contributed by atoms with Gasteiger partial charge in [-0.15, -0.1) is 0 Å². The molecule has 70 heavy (non-hydrogen) atoms. The first kappa shape index (κ1) is 39.9. The summed E-state index contributed by atoms with van der Waals surface area (Å²) in [7, 11) is 0. The maximum Gasteiger partial charge on any atom is 0.0468 e. The average molecular weight is 894 g/mol. The molecule has 1 heteroatoms. The molecule has 0 N–H and O–H groups in total. The molecule has 0 bridgehead atoms. The Kier molecular flexibility index (Phi) is 7.77. The van der Waals surface area contributed by atoms with E-state index in [1.807, 2.05) is 0 Å². The van der Waals surface area contributed by atoms with E-state index in [4.69, 9.17) is 0 Å². The van der Waals surface area contributed by atoms with Gasteiger partial charge in [0, 0.05) is 33.3 Å². The second-order valence-electron chi connectivity index (χ2n) is 22.0. The van der Waals surface area contributed by atoms with Crippen LogP contribution < -0.4 is 4.90 Å². The number of rotatable bonds is 3. The van der Waals surface area contributed by atoms with Crippen LogP contribution in [0.3, 0.4) is 0 Å². The van der Waals surface area contributed by atoms with E-state index in [9.17, 15) is 0 Å². The van der Waals surface area contributed by atoms with E-state index < -0.39 is 0 Å². The molecule has 0 aliphatic heterocycles. The van der Waals surface area contributed by atoms with E-state index in [0.29, 0.717) is 0 Å². The molecule has 0 saturated heterocycles. The standard InChI is InChI=1S/C69H51N/c1-67(2)60-34-25-40-15-7-9-17-46(40)64(60)59-39-62-58(38-63(59)67)54-33-28-45(37-61(54)68(62,3)4)70(44-27-32-53-51-21-12-11-19-49(51)50-20-13-14-22-52(50)57(53)36-44)43-26-31-48-42(35-43)24-30-56-55-29-23-41-16-8-10-18-47(41)65(55)69(5,6)66(48)56/h7-39H,1-6H3. The Morgan fingerprint density at radius 1 is 0.257 bits per heavy atom. The fraction of sp³-hybridized carbons (Fsp3) is 0.130. The van der Waals surface area contributed by atoms with Gasteiger partial charge in [-0.05, 0) is 180 Å². The Labute approximate surface area is 409 Å². The fourth-order valence-corrected chi connectivity index (χ4v) is 14.0. The Hall–Kier alpha value is -8.00. The number of fused-ring (bicyclic) bond motifs is 21. The smallest absolute Gasteiger partial charge is 0.0468 e. The summed E-state index contributed by atoms with van der Waals surface area (Å²) in [4.78, 5) is 2.52. The fourth-order valence-electron chi connectivity index (χ4n) is 14.0. The van der Waals surface area contributed by atoms with Crippen molar-refractivity contribution in [1.29, 1.82) is 0 Å². The van der Waals surface area contributed by atoms with Gasteiger partial charge in [0.1, 0.15) is 0 Å². The molecule has 3 aliphatic rings. The maximum absolute atomic E-state index is 2.56. The minimum atomic E-state index is -0.230. The highest BCUT2D eigenvalue weighted by Gasteiger charge is 2.43. The largest absolute Gasteiger partial charge is 0.310 e. The van der Waals surface area contributed by atoms with Crippen molar-refractivity contribution in [2.24, 2.45) is 0 Å². The van der Waals surface area contributed by atoms with Gasteiger partial charge in [0.2, 0.25) is 0 Å². The predicted octanol–water partition coefficient (Wildman–Crippen LogP) is 19.0. The van der Waals surface area contributed by atoms with Gasteiger partial charge in [0.05, 0.1) is 0 Å². The zero-order chi connectivity index (χ0) is 47.0. The second kappa shape index (κ2) is 13.6. The highest BCUT2D eigenvalue weighted by molar-refractivity contribution is 6.26. The third kappa shape index (κ3) is 5.12. The Morgan fingerprint density at radius 2 is 0.686 bits per heavy atom. The van der Waals surface area contributed by atoms with Crippen LogP contribution in [-0.2, 0) is 16.2 Å². The second-order valence-corrected chi connectivity index (χ2v) is 22.0. The lowest BCUT2D eigenvalue weighted by Gasteiger charge is -2.29. The number of hydrogen-bond donors (Lipinski definition) is 0. The van der Waals surface area contributed by atoms with Gasteiger partial charge in [0.15, 0.2) is 0 Å². The van der Waals surface area contributed by atoms with Crippen molar-refractivity contribution in [3.8, 4) is 33.4 Å². The van der Waals surface area contributed by atoms with Crippen LogP contribution in [0.5, 0.6) is 0 Å². The lowest BCUT2D eigenvalue weighted by molar-refractivity contribution is 0.652. The molecule has 0 saturated carbocycles. The van der Waals surface area contributed by atoms with Crippen molar-refractivity contribution in [3.05, 3.63) is 234 Å². The minimum Gasteiger partial charge on any atom is -0.310 e. The zero-order valence-corrected chi connectivity index (χ0v) is 40.5. The summed E-state index contributed by atoms with van der Waals surface area (Å²) in [5.41, 5.74) is 19.6. The van der Waals surface area contributed by atoms with Gasteiger partial charge in [0.25, 0.3) is 0 Å². The van der Waals surface area contributed by atoms with Crippen LogP contribution >= 0.6 is 0 Å². The molecule has 0 atom stereocenters. The molecule has 15 rings (SSSR count). The average Bonchev–Trinajstić information content (AvgIpc) is 3.87. The first-order valence-corrected chi connectivity index (χ1v) is 25.1. The maximum atomic E-state index is 2.56. The molecule has 0 heterocycles. The topological polar surface area (TPSA) is 3.24 Å². The summed E-state index contributed by atoms with van der Waals surface area (Å²) in [6.07, 6.45) is 0. The molecule has 0 unspecified atom stereocenters. The zero-order valence-electron chi connectivity index (χ0n) is 40.5. The summed E-state index contributed by atoms with van der Waals surface area (Å²) >= 11 is 0. The van der Waals surface area contributed by atoms with Crippen LogP contribution in [0.15, 0.2) is 200 Å². The molecule has 0 spiro atoms. The van der Waals surface area contributed by atoms with Crippen molar-refractivity contribution in [3.63, 3.8) is 0 Å². The molecule has 332 valence electrons. The Bertz CT molecular complexity index is 4300. The van der Waals surface area contributed by atoms with Gasteiger partial charge >= 0.3 is 0 Å². The molecule has 1 nitrogen and oxygen atoms in total. The third-order valence-electron chi connectivity index (χ3n) is 17.3. The van der Waals surface area contributed by atoms with E-state index in [0.717, 1.165) is 17.1 Å². The highest BCUT2D eigenvalue weighted by Crippen LogP contribution is 2.59.